The third-order valence-corrected chi connectivity index (χ3v) is 8.48. The Hall–Kier alpha value is -2.51. The molecule has 174 valence electrons. The minimum absolute atomic E-state index is 0.162. The molecular formula is C26H33N5OS. The standard InChI is InChI=1S/C26H33N5OS/c1-3-29-13-15-30(16-14-29)24-22-19(2)23(33-25(22)28-18-27-24)26(32)31-11-9-21(10-12-31)17-20-7-5-4-6-8-20/h4-8,18,21H,3,9-17H2,1-2H3. The van der Waals surface area contributed by atoms with Gasteiger partial charge in [0, 0.05) is 39.3 Å². The molecule has 0 saturated carbocycles. The van der Waals surface area contributed by atoms with Crippen molar-refractivity contribution in [3.05, 3.63) is 52.7 Å². The van der Waals surface area contributed by atoms with Crippen molar-refractivity contribution in [1.82, 2.24) is 19.8 Å². The highest BCUT2D eigenvalue weighted by molar-refractivity contribution is 7.20. The van der Waals surface area contributed by atoms with Crippen LogP contribution in [-0.4, -0.2) is 71.5 Å². The van der Waals surface area contributed by atoms with Crippen LogP contribution in [0.25, 0.3) is 10.2 Å². The lowest BCUT2D eigenvalue weighted by Crippen LogP contribution is -2.46. The fraction of sp³-hybridized carbons (Fsp3) is 0.500. The highest BCUT2D eigenvalue weighted by atomic mass is 32.1. The van der Waals surface area contributed by atoms with Crippen molar-refractivity contribution in [2.75, 3.05) is 50.7 Å². The number of hydrogen-bond donors (Lipinski definition) is 0. The van der Waals surface area contributed by atoms with E-state index in [1.54, 1.807) is 6.33 Å². The van der Waals surface area contributed by atoms with Crippen LogP contribution < -0.4 is 4.90 Å². The fourth-order valence-electron chi connectivity index (χ4n) is 5.20. The van der Waals surface area contributed by atoms with Crippen LogP contribution >= 0.6 is 11.3 Å². The summed E-state index contributed by atoms with van der Waals surface area (Å²) in [5.41, 5.74) is 2.44. The van der Waals surface area contributed by atoms with E-state index >= 15 is 0 Å². The van der Waals surface area contributed by atoms with Crippen LogP contribution in [0.15, 0.2) is 36.7 Å². The molecular weight excluding hydrogens is 430 g/mol. The van der Waals surface area contributed by atoms with E-state index in [4.69, 9.17) is 0 Å². The number of likely N-dealkylation sites (N-methyl/N-ethyl adjacent to an activating group) is 1. The smallest absolute Gasteiger partial charge is 0.264 e. The van der Waals surface area contributed by atoms with Gasteiger partial charge in [0.15, 0.2) is 0 Å². The van der Waals surface area contributed by atoms with Crippen molar-refractivity contribution in [1.29, 1.82) is 0 Å². The average molecular weight is 464 g/mol. The summed E-state index contributed by atoms with van der Waals surface area (Å²) in [5.74, 6) is 1.81. The van der Waals surface area contributed by atoms with Crippen LogP contribution in [0.5, 0.6) is 0 Å². The number of likely N-dealkylation sites (tertiary alicyclic amines) is 1. The van der Waals surface area contributed by atoms with Gasteiger partial charge in [-0.15, -0.1) is 11.3 Å². The zero-order valence-corrected chi connectivity index (χ0v) is 20.5. The maximum atomic E-state index is 13.5. The van der Waals surface area contributed by atoms with Crippen LogP contribution in [0.4, 0.5) is 5.82 Å². The molecule has 6 nitrogen and oxygen atoms in total. The Morgan fingerprint density at radius 2 is 1.76 bits per heavy atom. The number of fused-ring (bicyclic) bond motifs is 1. The first-order chi connectivity index (χ1) is 16.1. The number of anilines is 1. The first kappa shape index (κ1) is 22.3. The third kappa shape index (κ3) is 4.62. The number of amides is 1. The normalized spacial score (nSPS) is 18.2. The van der Waals surface area contributed by atoms with Gasteiger partial charge in [-0.05, 0) is 49.8 Å². The lowest BCUT2D eigenvalue weighted by molar-refractivity contribution is 0.0695. The highest BCUT2D eigenvalue weighted by Gasteiger charge is 2.29. The van der Waals surface area contributed by atoms with Gasteiger partial charge >= 0.3 is 0 Å². The summed E-state index contributed by atoms with van der Waals surface area (Å²) >= 11 is 1.53. The number of nitrogens with zero attached hydrogens (tertiary/aromatic N) is 5. The topological polar surface area (TPSA) is 52.6 Å². The van der Waals surface area contributed by atoms with E-state index in [-0.39, 0.29) is 5.91 Å². The summed E-state index contributed by atoms with van der Waals surface area (Å²) in [4.78, 5) is 31.3. The summed E-state index contributed by atoms with van der Waals surface area (Å²) in [6.45, 7) is 11.1. The molecule has 5 rings (SSSR count). The molecule has 2 aliphatic rings. The number of benzene rings is 1. The van der Waals surface area contributed by atoms with Crippen molar-refractivity contribution in [2.45, 2.75) is 33.1 Å². The second-order valence-corrected chi connectivity index (χ2v) is 10.3. The van der Waals surface area contributed by atoms with Gasteiger partial charge in [-0.2, -0.15) is 0 Å². The maximum Gasteiger partial charge on any atom is 0.264 e. The molecule has 1 amide bonds. The number of piperazine rings is 1. The van der Waals surface area contributed by atoms with E-state index in [2.05, 4.69) is 63.9 Å². The van der Waals surface area contributed by atoms with Gasteiger partial charge in [0.2, 0.25) is 0 Å². The number of carbonyl (C=O) groups is 1. The first-order valence-electron chi connectivity index (χ1n) is 12.2. The average Bonchev–Trinajstić information content (AvgIpc) is 3.21. The molecule has 2 fully saturated rings. The Morgan fingerprint density at radius 1 is 1.03 bits per heavy atom. The summed E-state index contributed by atoms with van der Waals surface area (Å²) in [5, 5.41) is 1.06. The van der Waals surface area contributed by atoms with Crippen molar-refractivity contribution in [3.8, 4) is 0 Å². The van der Waals surface area contributed by atoms with Gasteiger partial charge in [0.05, 0.1) is 10.3 Å². The Balaban J connectivity index is 1.30. The minimum atomic E-state index is 0.162. The number of rotatable bonds is 5. The van der Waals surface area contributed by atoms with Crippen molar-refractivity contribution < 1.29 is 4.79 Å². The quantitative estimate of drug-likeness (QED) is 0.567. The second-order valence-electron chi connectivity index (χ2n) is 9.28. The Morgan fingerprint density at radius 3 is 2.45 bits per heavy atom. The molecule has 2 saturated heterocycles. The predicted octanol–water partition coefficient (Wildman–Crippen LogP) is 4.24. The van der Waals surface area contributed by atoms with Crippen LogP contribution in [0.1, 0.15) is 40.6 Å². The van der Waals surface area contributed by atoms with E-state index in [0.717, 1.165) is 91.6 Å². The number of aromatic nitrogens is 2. The van der Waals surface area contributed by atoms with E-state index in [1.165, 1.54) is 16.9 Å². The van der Waals surface area contributed by atoms with E-state index in [0.29, 0.717) is 5.92 Å². The Bertz CT molecular complexity index is 1100. The molecule has 0 aliphatic carbocycles. The molecule has 33 heavy (non-hydrogen) atoms. The van der Waals surface area contributed by atoms with Crippen molar-refractivity contribution >= 4 is 33.3 Å². The van der Waals surface area contributed by atoms with Gasteiger partial charge in [-0.25, -0.2) is 9.97 Å². The molecule has 3 aromatic rings. The largest absolute Gasteiger partial charge is 0.353 e. The zero-order valence-electron chi connectivity index (χ0n) is 19.7. The molecule has 4 heterocycles. The van der Waals surface area contributed by atoms with Gasteiger partial charge in [0.25, 0.3) is 5.91 Å². The van der Waals surface area contributed by atoms with E-state index in [9.17, 15) is 4.79 Å². The first-order valence-corrected chi connectivity index (χ1v) is 13.0. The lowest BCUT2D eigenvalue weighted by Gasteiger charge is -2.35. The summed E-state index contributed by atoms with van der Waals surface area (Å²) in [6, 6.07) is 10.7. The van der Waals surface area contributed by atoms with Crippen LogP contribution in [-0.2, 0) is 6.42 Å². The maximum absolute atomic E-state index is 13.5. The Kier molecular flexibility index (Phi) is 6.60. The Labute approximate surface area is 200 Å². The molecule has 0 spiro atoms. The van der Waals surface area contributed by atoms with E-state index in [1.807, 2.05) is 4.90 Å². The fourth-order valence-corrected chi connectivity index (χ4v) is 6.32. The monoisotopic (exact) mass is 463 g/mol. The number of hydrogen-bond acceptors (Lipinski definition) is 6. The molecule has 2 aromatic heterocycles. The van der Waals surface area contributed by atoms with E-state index < -0.39 is 0 Å². The molecule has 2 aliphatic heterocycles. The van der Waals surface area contributed by atoms with Crippen LogP contribution in [0.3, 0.4) is 0 Å². The lowest BCUT2D eigenvalue weighted by atomic mass is 9.90. The molecule has 0 radical (unpaired) electrons. The SMILES string of the molecule is CCN1CCN(c2ncnc3sc(C(=O)N4CCC(Cc5ccccc5)CC4)c(C)c23)CC1. The highest BCUT2D eigenvalue weighted by Crippen LogP contribution is 2.36. The van der Waals surface area contributed by atoms with Gasteiger partial charge in [0.1, 0.15) is 17.0 Å². The molecule has 7 heteroatoms. The molecule has 1 aromatic carbocycles. The molecule has 0 atom stereocenters. The zero-order chi connectivity index (χ0) is 22.8. The predicted molar refractivity (Wildman–Crippen MR) is 135 cm³/mol. The molecule has 0 unspecified atom stereocenters. The van der Waals surface area contributed by atoms with Crippen molar-refractivity contribution in [3.63, 3.8) is 0 Å². The number of carbonyl (C=O) groups excluding carboxylic acids is 1. The molecule has 0 bridgehead atoms. The van der Waals surface area contributed by atoms with Gasteiger partial charge in [-0.3, -0.25) is 4.79 Å². The summed E-state index contributed by atoms with van der Waals surface area (Å²) < 4.78 is 0. The summed E-state index contributed by atoms with van der Waals surface area (Å²) in [7, 11) is 0. The van der Waals surface area contributed by atoms with Gasteiger partial charge in [-0.1, -0.05) is 37.3 Å². The van der Waals surface area contributed by atoms with Crippen molar-refractivity contribution in [2.24, 2.45) is 5.92 Å². The number of thiophene rings is 1. The minimum Gasteiger partial charge on any atom is -0.353 e. The van der Waals surface area contributed by atoms with Crippen LogP contribution in [0.2, 0.25) is 0 Å². The van der Waals surface area contributed by atoms with Crippen LogP contribution in [0, 0.1) is 12.8 Å². The third-order valence-electron chi connectivity index (χ3n) is 7.29. The second kappa shape index (κ2) is 9.77. The summed E-state index contributed by atoms with van der Waals surface area (Å²) in [6.07, 6.45) is 4.90. The van der Waals surface area contributed by atoms with Gasteiger partial charge < -0.3 is 14.7 Å². The molecule has 0 N–H and O–H groups in total. The number of aryl methyl sites for hydroxylation is 1. The number of piperidine rings is 1.